The molecule has 0 fully saturated rings. The highest BCUT2D eigenvalue weighted by atomic mass is 16.5. The molecule has 0 saturated heterocycles. The summed E-state index contributed by atoms with van der Waals surface area (Å²) in [7, 11) is 0. The average molecular weight is 334 g/mol. The molecule has 4 nitrogen and oxygen atoms in total. The van der Waals surface area contributed by atoms with E-state index in [2.05, 4.69) is 20.8 Å². The van der Waals surface area contributed by atoms with Crippen LogP contribution in [0.5, 0.6) is 0 Å². The van der Waals surface area contributed by atoms with Gasteiger partial charge >= 0.3 is 11.9 Å². The van der Waals surface area contributed by atoms with E-state index in [1.165, 1.54) is 0 Å². The molecule has 0 aliphatic rings. The number of hydrogen-bond donors (Lipinski definition) is 0. The Hall–Kier alpha value is -1.84. The van der Waals surface area contributed by atoms with E-state index >= 15 is 0 Å². The minimum absolute atomic E-state index is 0.132. The minimum atomic E-state index is -0.486. The van der Waals surface area contributed by atoms with Gasteiger partial charge in [-0.05, 0) is 34.9 Å². The average Bonchev–Trinajstić information content (AvgIpc) is 2.48. The summed E-state index contributed by atoms with van der Waals surface area (Å²) in [5.74, 6) is -0.498. The Morgan fingerprint density at radius 3 is 1.75 bits per heavy atom. The zero-order valence-electron chi connectivity index (χ0n) is 15.9. The van der Waals surface area contributed by atoms with Crippen LogP contribution in [0.3, 0.4) is 0 Å². The van der Waals surface area contributed by atoms with Crippen LogP contribution in [-0.2, 0) is 14.9 Å². The Morgan fingerprint density at radius 1 is 0.875 bits per heavy atom. The molecule has 4 heteroatoms. The minimum Gasteiger partial charge on any atom is -0.462 e. The van der Waals surface area contributed by atoms with Crippen molar-refractivity contribution in [3.05, 3.63) is 34.9 Å². The van der Waals surface area contributed by atoms with Gasteiger partial charge in [0.15, 0.2) is 0 Å². The standard InChI is InChI=1S/C20H30O4/c1-13(2)11-23-18(21)16-9-8-15(20(5,6)7)10-17(16)19(22)24-12-14(3)4/h8-10,13-14H,11-12H2,1-7H3. The first kappa shape index (κ1) is 20.2. The molecule has 0 aliphatic carbocycles. The molecule has 1 aromatic carbocycles. The Labute approximate surface area is 145 Å². The molecule has 0 saturated carbocycles. The smallest absolute Gasteiger partial charge is 0.339 e. The van der Waals surface area contributed by atoms with E-state index in [4.69, 9.17) is 9.47 Å². The monoisotopic (exact) mass is 334 g/mol. The summed E-state index contributed by atoms with van der Waals surface area (Å²) in [4.78, 5) is 24.8. The van der Waals surface area contributed by atoms with Gasteiger partial charge in [-0.15, -0.1) is 0 Å². The third-order valence-corrected chi connectivity index (χ3v) is 3.42. The van der Waals surface area contributed by atoms with Crippen molar-refractivity contribution in [2.24, 2.45) is 11.8 Å². The van der Waals surface area contributed by atoms with Gasteiger partial charge in [0.05, 0.1) is 24.3 Å². The molecule has 0 amide bonds. The highest BCUT2D eigenvalue weighted by Crippen LogP contribution is 2.25. The summed E-state index contributed by atoms with van der Waals surface area (Å²) in [6, 6.07) is 5.27. The summed E-state index contributed by atoms with van der Waals surface area (Å²) in [6.45, 7) is 14.7. The van der Waals surface area contributed by atoms with Crippen LogP contribution in [0.15, 0.2) is 18.2 Å². The molecule has 1 rings (SSSR count). The van der Waals surface area contributed by atoms with Crippen LogP contribution in [0.2, 0.25) is 0 Å². The molecule has 0 aromatic heterocycles. The van der Waals surface area contributed by atoms with Crippen molar-refractivity contribution in [3.63, 3.8) is 0 Å². The number of carbonyl (C=O) groups is 2. The van der Waals surface area contributed by atoms with Gasteiger partial charge in [0.25, 0.3) is 0 Å². The van der Waals surface area contributed by atoms with Crippen molar-refractivity contribution in [3.8, 4) is 0 Å². The fourth-order valence-electron chi connectivity index (χ4n) is 2.00. The number of rotatable bonds is 6. The highest BCUT2D eigenvalue weighted by molar-refractivity contribution is 6.03. The summed E-state index contributed by atoms with van der Waals surface area (Å²) in [6.07, 6.45) is 0. The fraction of sp³-hybridized carbons (Fsp3) is 0.600. The molecule has 0 N–H and O–H groups in total. The SMILES string of the molecule is CC(C)COC(=O)c1ccc(C(C)(C)C)cc1C(=O)OCC(C)C. The Kier molecular flexibility index (Phi) is 7.00. The first-order valence-corrected chi connectivity index (χ1v) is 8.51. The predicted molar refractivity (Wildman–Crippen MR) is 95.4 cm³/mol. The first-order chi connectivity index (χ1) is 11.0. The van der Waals surface area contributed by atoms with Gasteiger partial charge < -0.3 is 9.47 Å². The van der Waals surface area contributed by atoms with Crippen molar-refractivity contribution in [1.29, 1.82) is 0 Å². The predicted octanol–water partition coefficient (Wildman–Crippen LogP) is 4.61. The lowest BCUT2D eigenvalue weighted by Crippen LogP contribution is -2.19. The molecule has 0 bridgehead atoms. The maximum absolute atomic E-state index is 12.5. The molecule has 0 heterocycles. The summed E-state index contributed by atoms with van der Waals surface area (Å²) < 4.78 is 10.6. The fourth-order valence-corrected chi connectivity index (χ4v) is 2.00. The van der Waals surface area contributed by atoms with Crippen molar-refractivity contribution in [2.45, 2.75) is 53.9 Å². The molecule has 0 aliphatic heterocycles. The van der Waals surface area contributed by atoms with E-state index in [1.807, 2.05) is 33.8 Å². The van der Waals surface area contributed by atoms with E-state index < -0.39 is 11.9 Å². The maximum Gasteiger partial charge on any atom is 0.339 e. The Bertz CT molecular complexity index is 580. The normalized spacial score (nSPS) is 11.7. The lowest BCUT2D eigenvalue weighted by Gasteiger charge is -2.21. The van der Waals surface area contributed by atoms with E-state index in [0.29, 0.717) is 13.2 Å². The zero-order valence-corrected chi connectivity index (χ0v) is 15.9. The largest absolute Gasteiger partial charge is 0.462 e. The van der Waals surface area contributed by atoms with Crippen LogP contribution in [0.25, 0.3) is 0 Å². The lowest BCUT2D eigenvalue weighted by molar-refractivity contribution is 0.0412. The van der Waals surface area contributed by atoms with Crippen LogP contribution < -0.4 is 0 Å². The molecule has 24 heavy (non-hydrogen) atoms. The number of carbonyl (C=O) groups excluding carboxylic acids is 2. The van der Waals surface area contributed by atoms with Crippen LogP contribution in [0.1, 0.15) is 74.7 Å². The second kappa shape index (κ2) is 8.32. The molecular formula is C20H30O4. The third-order valence-electron chi connectivity index (χ3n) is 3.42. The quantitative estimate of drug-likeness (QED) is 0.713. The van der Waals surface area contributed by atoms with Crippen molar-refractivity contribution in [1.82, 2.24) is 0 Å². The van der Waals surface area contributed by atoms with Gasteiger partial charge in [-0.2, -0.15) is 0 Å². The summed E-state index contributed by atoms with van der Waals surface area (Å²) >= 11 is 0. The first-order valence-electron chi connectivity index (χ1n) is 8.51. The molecule has 0 atom stereocenters. The number of esters is 2. The van der Waals surface area contributed by atoms with Gasteiger partial charge in [0.2, 0.25) is 0 Å². The van der Waals surface area contributed by atoms with Crippen molar-refractivity contribution in [2.75, 3.05) is 13.2 Å². The Morgan fingerprint density at radius 2 is 1.33 bits per heavy atom. The van der Waals surface area contributed by atoms with E-state index in [0.717, 1.165) is 5.56 Å². The number of benzene rings is 1. The van der Waals surface area contributed by atoms with E-state index in [-0.39, 0.29) is 28.4 Å². The maximum atomic E-state index is 12.5. The van der Waals surface area contributed by atoms with Gasteiger partial charge in [0.1, 0.15) is 0 Å². The molecule has 0 spiro atoms. The van der Waals surface area contributed by atoms with Gasteiger partial charge in [-0.1, -0.05) is 54.5 Å². The molecule has 1 aromatic rings. The van der Waals surface area contributed by atoms with Gasteiger partial charge in [0, 0.05) is 0 Å². The number of hydrogen-bond acceptors (Lipinski definition) is 4. The number of ether oxygens (including phenoxy) is 2. The zero-order chi connectivity index (χ0) is 18.5. The molecular weight excluding hydrogens is 304 g/mol. The Balaban J connectivity index is 3.17. The van der Waals surface area contributed by atoms with Crippen molar-refractivity contribution >= 4 is 11.9 Å². The van der Waals surface area contributed by atoms with Crippen LogP contribution in [0.4, 0.5) is 0 Å². The second-order valence-electron chi connectivity index (χ2n) is 7.99. The van der Waals surface area contributed by atoms with Crippen LogP contribution in [-0.4, -0.2) is 25.2 Å². The van der Waals surface area contributed by atoms with Crippen molar-refractivity contribution < 1.29 is 19.1 Å². The van der Waals surface area contributed by atoms with Crippen LogP contribution >= 0.6 is 0 Å². The van der Waals surface area contributed by atoms with E-state index in [9.17, 15) is 9.59 Å². The third kappa shape index (κ3) is 5.99. The van der Waals surface area contributed by atoms with Gasteiger partial charge in [-0.3, -0.25) is 0 Å². The molecule has 0 unspecified atom stereocenters. The van der Waals surface area contributed by atoms with Crippen LogP contribution in [0, 0.1) is 11.8 Å². The second-order valence-corrected chi connectivity index (χ2v) is 7.99. The molecule has 134 valence electrons. The topological polar surface area (TPSA) is 52.6 Å². The lowest BCUT2D eigenvalue weighted by atomic mass is 9.85. The highest BCUT2D eigenvalue weighted by Gasteiger charge is 2.24. The van der Waals surface area contributed by atoms with Gasteiger partial charge in [-0.25, -0.2) is 9.59 Å². The summed E-state index contributed by atoms with van der Waals surface area (Å²) in [5.41, 5.74) is 1.38. The molecule has 0 radical (unpaired) electrons. The summed E-state index contributed by atoms with van der Waals surface area (Å²) in [5, 5.41) is 0. The van der Waals surface area contributed by atoms with E-state index in [1.54, 1.807) is 12.1 Å².